The summed E-state index contributed by atoms with van der Waals surface area (Å²) in [5.41, 5.74) is 1.42. The van der Waals surface area contributed by atoms with Gasteiger partial charge >= 0.3 is 0 Å². The number of halogens is 1. The van der Waals surface area contributed by atoms with Gasteiger partial charge in [-0.25, -0.2) is 0 Å². The highest BCUT2D eigenvalue weighted by molar-refractivity contribution is 9.09. The fraction of sp³-hybridized carbons (Fsp3) is 0.714. The molecule has 1 rings (SSSR count). The average Bonchev–Trinajstić information content (AvgIpc) is 2.16. The van der Waals surface area contributed by atoms with Crippen LogP contribution in [-0.4, -0.2) is 11.1 Å². The SMILES string of the molecule is CC(C)=CCC[C@H](C)C[C@@H]1CC=C[C@@H](Br)O1. The molecule has 0 radical (unpaired) electrons. The zero-order valence-electron chi connectivity index (χ0n) is 10.6. The molecule has 1 aliphatic rings. The van der Waals surface area contributed by atoms with Crippen molar-refractivity contribution in [2.24, 2.45) is 5.92 Å². The summed E-state index contributed by atoms with van der Waals surface area (Å²) in [6.45, 7) is 6.65. The molecule has 0 amide bonds. The maximum Gasteiger partial charge on any atom is 0.131 e. The van der Waals surface area contributed by atoms with Crippen LogP contribution in [0.15, 0.2) is 23.8 Å². The van der Waals surface area contributed by atoms with Gasteiger partial charge in [0.25, 0.3) is 0 Å². The van der Waals surface area contributed by atoms with Crippen molar-refractivity contribution in [3.63, 3.8) is 0 Å². The molecule has 0 spiro atoms. The second kappa shape index (κ2) is 7.29. The van der Waals surface area contributed by atoms with Crippen molar-refractivity contribution in [3.8, 4) is 0 Å². The van der Waals surface area contributed by atoms with Crippen molar-refractivity contribution in [2.75, 3.05) is 0 Å². The van der Waals surface area contributed by atoms with E-state index < -0.39 is 0 Å². The van der Waals surface area contributed by atoms with E-state index in [0.717, 1.165) is 12.3 Å². The molecule has 92 valence electrons. The van der Waals surface area contributed by atoms with Crippen LogP contribution in [0.5, 0.6) is 0 Å². The maximum absolute atomic E-state index is 5.80. The molecular formula is C14H23BrO. The Morgan fingerprint density at radius 2 is 2.31 bits per heavy atom. The van der Waals surface area contributed by atoms with Crippen LogP contribution in [0.2, 0.25) is 0 Å². The first kappa shape index (κ1) is 14.0. The first-order chi connectivity index (χ1) is 7.58. The fourth-order valence-electron chi connectivity index (χ4n) is 2.00. The number of rotatable bonds is 5. The molecule has 2 heteroatoms. The monoisotopic (exact) mass is 286 g/mol. The summed E-state index contributed by atoms with van der Waals surface area (Å²) >= 11 is 3.47. The Labute approximate surface area is 108 Å². The van der Waals surface area contributed by atoms with Crippen molar-refractivity contribution in [1.82, 2.24) is 0 Å². The lowest BCUT2D eigenvalue weighted by Crippen LogP contribution is -2.22. The third-order valence-corrected chi connectivity index (χ3v) is 3.41. The quantitative estimate of drug-likeness (QED) is 0.520. The van der Waals surface area contributed by atoms with Gasteiger partial charge in [0.05, 0.1) is 6.10 Å². The molecule has 1 aliphatic heterocycles. The summed E-state index contributed by atoms with van der Waals surface area (Å²) < 4.78 is 5.80. The molecule has 0 aromatic carbocycles. The van der Waals surface area contributed by atoms with E-state index in [0.29, 0.717) is 6.10 Å². The van der Waals surface area contributed by atoms with Crippen molar-refractivity contribution >= 4 is 15.9 Å². The average molecular weight is 287 g/mol. The van der Waals surface area contributed by atoms with E-state index in [1.807, 2.05) is 0 Å². The third kappa shape index (κ3) is 5.86. The van der Waals surface area contributed by atoms with Crippen LogP contribution in [0.25, 0.3) is 0 Å². The highest BCUT2D eigenvalue weighted by Crippen LogP contribution is 2.24. The van der Waals surface area contributed by atoms with Crippen LogP contribution in [0, 0.1) is 5.92 Å². The molecular weight excluding hydrogens is 264 g/mol. The minimum atomic E-state index is 0.122. The van der Waals surface area contributed by atoms with E-state index >= 15 is 0 Å². The molecule has 0 aliphatic carbocycles. The first-order valence-corrected chi connectivity index (χ1v) is 7.09. The minimum absolute atomic E-state index is 0.122. The Morgan fingerprint density at radius 1 is 1.56 bits per heavy atom. The largest absolute Gasteiger partial charge is 0.359 e. The summed E-state index contributed by atoms with van der Waals surface area (Å²) in [5, 5.41) is 0.122. The highest BCUT2D eigenvalue weighted by Gasteiger charge is 2.18. The highest BCUT2D eigenvalue weighted by atomic mass is 79.9. The maximum atomic E-state index is 5.80. The van der Waals surface area contributed by atoms with Crippen LogP contribution in [0.4, 0.5) is 0 Å². The Bertz CT molecular complexity index is 253. The third-order valence-electron chi connectivity index (χ3n) is 2.89. The van der Waals surface area contributed by atoms with Gasteiger partial charge in [-0.05, 0) is 51.5 Å². The second-order valence-electron chi connectivity index (χ2n) is 4.97. The molecule has 3 atom stereocenters. The Hall–Kier alpha value is -0.0800. The summed E-state index contributed by atoms with van der Waals surface area (Å²) in [6, 6.07) is 0. The molecule has 0 aromatic heterocycles. The standard InChI is InChI=1S/C14H23BrO/c1-11(2)6-4-7-12(3)10-13-8-5-9-14(15)16-13/h5-6,9,12-14H,4,7-8,10H2,1-3H3/t12-,13-,14-/m0/s1. The van der Waals surface area contributed by atoms with Crippen molar-refractivity contribution in [2.45, 2.75) is 57.6 Å². The molecule has 1 nitrogen and oxygen atoms in total. The van der Waals surface area contributed by atoms with Gasteiger partial charge in [0.1, 0.15) is 5.01 Å². The van der Waals surface area contributed by atoms with Crippen LogP contribution >= 0.6 is 15.9 Å². The number of allylic oxidation sites excluding steroid dienone is 2. The number of hydrogen-bond donors (Lipinski definition) is 0. The van der Waals surface area contributed by atoms with Gasteiger partial charge in [0.15, 0.2) is 0 Å². The smallest absolute Gasteiger partial charge is 0.131 e. The predicted octanol–water partition coefficient (Wildman–Crippen LogP) is 4.83. The fourth-order valence-corrected chi connectivity index (χ4v) is 2.52. The number of hydrogen-bond acceptors (Lipinski definition) is 1. The van der Waals surface area contributed by atoms with Gasteiger partial charge in [-0.2, -0.15) is 0 Å². The number of ether oxygens (including phenoxy) is 1. The molecule has 0 fully saturated rings. The van der Waals surface area contributed by atoms with Gasteiger partial charge < -0.3 is 4.74 Å². The summed E-state index contributed by atoms with van der Waals surface area (Å²) in [5.74, 6) is 0.742. The van der Waals surface area contributed by atoms with Crippen LogP contribution in [0.1, 0.15) is 46.5 Å². The molecule has 0 aromatic rings. The summed E-state index contributed by atoms with van der Waals surface area (Å²) in [7, 11) is 0. The normalized spacial score (nSPS) is 26.5. The topological polar surface area (TPSA) is 9.23 Å². The molecule has 0 saturated carbocycles. The van der Waals surface area contributed by atoms with E-state index in [2.05, 4.69) is 54.9 Å². The molecule has 0 unspecified atom stereocenters. The van der Waals surface area contributed by atoms with Crippen LogP contribution < -0.4 is 0 Å². The zero-order valence-corrected chi connectivity index (χ0v) is 12.2. The van der Waals surface area contributed by atoms with Crippen molar-refractivity contribution in [1.29, 1.82) is 0 Å². The van der Waals surface area contributed by atoms with E-state index in [4.69, 9.17) is 4.74 Å². The molecule has 0 saturated heterocycles. The molecule has 1 heterocycles. The lowest BCUT2D eigenvalue weighted by atomic mass is 9.95. The Balaban J connectivity index is 2.21. The van der Waals surface area contributed by atoms with Crippen LogP contribution in [-0.2, 0) is 4.74 Å². The van der Waals surface area contributed by atoms with E-state index in [1.54, 1.807) is 0 Å². The number of alkyl halides is 1. The Morgan fingerprint density at radius 3 is 2.94 bits per heavy atom. The van der Waals surface area contributed by atoms with E-state index in [1.165, 1.54) is 24.8 Å². The van der Waals surface area contributed by atoms with Gasteiger partial charge in [0, 0.05) is 0 Å². The van der Waals surface area contributed by atoms with Gasteiger partial charge in [-0.3, -0.25) is 0 Å². The van der Waals surface area contributed by atoms with Gasteiger partial charge in [-0.15, -0.1) is 0 Å². The first-order valence-electron chi connectivity index (χ1n) is 6.17. The Kier molecular flexibility index (Phi) is 6.37. The van der Waals surface area contributed by atoms with Crippen LogP contribution in [0.3, 0.4) is 0 Å². The lowest BCUT2D eigenvalue weighted by Gasteiger charge is -2.25. The minimum Gasteiger partial charge on any atom is -0.359 e. The molecule has 0 bridgehead atoms. The van der Waals surface area contributed by atoms with Gasteiger partial charge in [0.2, 0.25) is 0 Å². The second-order valence-corrected chi connectivity index (χ2v) is 5.88. The summed E-state index contributed by atoms with van der Waals surface area (Å²) in [4.78, 5) is 0. The zero-order chi connectivity index (χ0) is 12.0. The summed E-state index contributed by atoms with van der Waals surface area (Å²) in [6.07, 6.45) is 11.7. The van der Waals surface area contributed by atoms with Crippen molar-refractivity contribution in [3.05, 3.63) is 23.8 Å². The van der Waals surface area contributed by atoms with Gasteiger partial charge in [-0.1, -0.05) is 40.6 Å². The lowest BCUT2D eigenvalue weighted by molar-refractivity contribution is 0.0367. The van der Waals surface area contributed by atoms with Crippen molar-refractivity contribution < 1.29 is 4.74 Å². The van der Waals surface area contributed by atoms with E-state index in [9.17, 15) is 0 Å². The molecule has 16 heavy (non-hydrogen) atoms. The predicted molar refractivity (Wildman–Crippen MR) is 73.8 cm³/mol. The molecule has 0 N–H and O–H groups in total. The van der Waals surface area contributed by atoms with E-state index in [-0.39, 0.29) is 5.01 Å².